The van der Waals surface area contributed by atoms with Crippen molar-refractivity contribution in [1.29, 1.82) is 0 Å². The molecule has 1 N–H and O–H groups in total. The third kappa shape index (κ3) is 5.39. The first-order chi connectivity index (χ1) is 18.0. The summed E-state index contributed by atoms with van der Waals surface area (Å²) in [5, 5.41) is 3.20. The number of carbonyl (C=O) groups excluding carboxylic acids is 2. The topological polar surface area (TPSA) is 58.6 Å². The van der Waals surface area contributed by atoms with Gasteiger partial charge in [0.15, 0.2) is 0 Å². The number of halogens is 1. The Morgan fingerprint density at radius 1 is 0.865 bits per heavy atom. The first-order valence-electron chi connectivity index (χ1n) is 14.1. The minimum absolute atomic E-state index is 0.0714. The minimum Gasteiger partial charge on any atom is -0.493 e. The molecule has 2 aliphatic heterocycles. The molecule has 6 heteroatoms. The van der Waals surface area contributed by atoms with Crippen LogP contribution in [0.1, 0.15) is 86.6 Å². The molecule has 1 spiro atoms. The summed E-state index contributed by atoms with van der Waals surface area (Å²) in [5.41, 5.74) is 0.164. The van der Waals surface area contributed by atoms with Crippen LogP contribution in [0.3, 0.4) is 0 Å². The summed E-state index contributed by atoms with van der Waals surface area (Å²) >= 11 is 0. The van der Waals surface area contributed by atoms with Gasteiger partial charge in [-0.05, 0) is 56.7 Å². The number of piperidine rings is 1. The maximum atomic E-state index is 15.0. The van der Waals surface area contributed by atoms with Gasteiger partial charge < -0.3 is 15.0 Å². The second-order valence-electron chi connectivity index (χ2n) is 11.3. The molecule has 2 heterocycles. The lowest BCUT2D eigenvalue weighted by Gasteiger charge is -2.46. The highest BCUT2D eigenvalue weighted by atomic mass is 19.1. The van der Waals surface area contributed by atoms with Crippen LogP contribution < -0.4 is 10.1 Å². The predicted molar refractivity (Wildman–Crippen MR) is 142 cm³/mol. The van der Waals surface area contributed by atoms with Gasteiger partial charge in [0.05, 0.1) is 17.6 Å². The Morgan fingerprint density at radius 2 is 1.57 bits per heavy atom. The van der Waals surface area contributed by atoms with Gasteiger partial charge >= 0.3 is 0 Å². The van der Waals surface area contributed by atoms with Gasteiger partial charge in [0.25, 0.3) is 5.91 Å². The smallest absolute Gasteiger partial charge is 0.255 e. The van der Waals surface area contributed by atoms with Crippen LogP contribution in [0.5, 0.6) is 5.75 Å². The molecule has 0 bridgehead atoms. The molecular weight excluding hydrogens is 467 g/mol. The third-order valence-electron chi connectivity index (χ3n) is 8.82. The van der Waals surface area contributed by atoms with Crippen molar-refractivity contribution < 1.29 is 18.7 Å². The van der Waals surface area contributed by atoms with Gasteiger partial charge in [-0.15, -0.1) is 0 Å². The highest BCUT2D eigenvalue weighted by Crippen LogP contribution is 2.45. The number of hydrogen-bond acceptors (Lipinski definition) is 3. The summed E-state index contributed by atoms with van der Waals surface area (Å²) in [7, 11) is 0. The van der Waals surface area contributed by atoms with Crippen molar-refractivity contribution in [2.45, 2.75) is 76.0 Å². The number of nitrogens with zero attached hydrogens (tertiary/aromatic N) is 1. The molecule has 0 aromatic heterocycles. The van der Waals surface area contributed by atoms with Crippen LogP contribution in [-0.4, -0.2) is 43.0 Å². The summed E-state index contributed by atoms with van der Waals surface area (Å²) in [6.07, 6.45) is 10.3. The van der Waals surface area contributed by atoms with Crippen molar-refractivity contribution in [3.8, 4) is 5.75 Å². The number of benzene rings is 2. The quantitative estimate of drug-likeness (QED) is 0.542. The molecule has 5 rings (SSSR count). The van der Waals surface area contributed by atoms with Crippen LogP contribution in [0, 0.1) is 11.2 Å². The van der Waals surface area contributed by atoms with E-state index in [1.807, 2.05) is 35.2 Å². The summed E-state index contributed by atoms with van der Waals surface area (Å²) in [5.74, 6) is 0.292. The molecule has 5 nitrogen and oxygen atoms in total. The number of para-hydroxylation sites is 1. The highest BCUT2D eigenvalue weighted by molar-refractivity contribution is 5.97. The van der Waals surface area contributed by atoms with E-state index in [0.29, 0.717) is 56.0 Å². The Bertz CT molecular complexity index is 1110. The number of amides is 2. The maximum Gasteiger partial charge on any atom is 0.255 e. The van der Waals surface area contributed by atoms with E-state index in [9.17, 15) is 14.0 Å². The van der Waals surface area contributed by atoms with E-state index in [4.69, 9.17) is 4.74 Å². The van der Waals surface area contributed by atoms with Gasteiger partial charge in [0.1, 0.15) is 11.6 Å². The Morgan fingerprint density at radius 3 is 2.41 bits per heavy atom. The zero-order chi connectivity index (χ0) is 25.7. The van der Waals surface area contributed by atoms with Crippen LogP contribution in [0.15, 0.2) is 48.5 Å². The molecule has 0 radical (unpaired) electrons. The van der Waals surface area contributed by atoms with Gasteiger partial charge in [-0.3, -0.25) is 9.59 Å². The lowest BCUT2D eigenvalue weighted by atomic mass is 9.73. The van der Waals surface area contributed by atoms with Crippen LogP contribution in [0.2, 0.25) is 0 Å². The van der Waals surface area contributed by atoms with Gasteiger partial charge in [-0.2, -0.15) is 0 Å². The highest BCUT2D eigenvalue weighted by Gasteiger charge is 2.48. The minimum atomic E-state index is -0.771. The van der Waals surface area contributed by atoms with E-state index < -0.39 is 5.41 Å². The van der Waals surface area contributed by atoms with E-state index >= 15 is 0 Å². The number of fused-ring (bicyclic) bond motifs is 1. The average Bonchev–Trinajstić information content (AvgIpc) is 3.42. The summed E-state index contributed by atoms with van der Waals surface area (Å²) in [4.78, 5) is 29.4. The fraction of sp³-hybridized carbons (Fsp3) is 0.548. The fourth-order valence-corrected chi connectivity index (χ4v) is 6.83. The summed E-state index contributed by atoms with van der Waals surface area (Å²) in [6.45, 7) is 2.44. The number of rotatable bonds is 2. The van der Waals surface area contributed by atoms with Crippen LogP contribution in [0.25, 0.3) is 0 Å². The second kappa shape index (κ2) is 11.2. The average molecular weight is 507 g/mol. The normalized spacial score (nSPS) is 24.7. The monoisotopic (exact) mass is 506 g/mol. The first kappa shape index (κ1) is 25.7. The number of likely N-dealkylation sites (tertiary alicyclic amines) is 1. The SMILES string of the molecule is O=C1NCC2(CCCCCCOc3ccccc31)CCCN(C(=O)C1(c3ccccc3F)CCCC1)C2. The van der Waals surface area contributed by atoms with E-state index in [2.05, 4.69) is 5.32 Å². The number of hydrogen-bond donors (Lipinski definition) is 1. The molecule has 1 saturated carbocycles. The molecule has 37 heavy (non-hydrogen) atoms. The largest absolute Gasteiger partial charge is 0.493 e. The zero-order valence-corrected chi connectivity index (χ0v) is 21.8. The molecule has 2 amide bonds. The standard InChI is InChI=1S/C31H39FN2O3/c32-26-14-5-4-13-25(26)31(18-8-9-19-31)29(36)34-20-11-17-30(23-34)16-7-1-2-10-21-37-27-15-6-3-12-24(27)28(35)33-22-30/h3-6,12-15H,1-2,7-11,16-23H2,(H,33,35). The zero-order valence-electron chi connectivity index (χ0n) is 21.8. The van der Waals surface area contributed by atoms with Crippen molar-refractivity contribution in [3.05, 3.63) is 65.5 Å². The lowest BCUT2D eigenvalue weighted by Crippen LogP contribution is -2.55. The van der Waals surface area contributed by atoms with Crippen LogP contribution in [0.4, 0.5) is 4.39 Å². The van der Waals surface area contributed by atoms with Crippen molar-refractivity contribution in [2.24, 2.45) is 5.41 Å². The first-order valence-corrected chi connectivity index (χ1v) is 14.1. The van der Waals surface area contributed by atoms with E-state index in [0.717, 1.165) is 57.8 Å². The van der Waals surface area contributed by atoms with Gasteiger partial charge in [0.2, 0.25) is 5.91 Å². The molecule has 3 aliphatic rings. The molecule has 2 aromatic carbocycles. The second-order valence-corrected chi connectivity index (χ2v) is 11.3. The molecule has 1 unspecified atom stereocenters. The number of carbonyl (C=O) groups is 2. The number of nitrogens with one attached hydrogen (secondary N) is 1. The molecule has 2 fully saturated rings. The van der Waals surface area contributed by atoms with Gasteiger partial charge in [0, 0.05) is 30.6 Å². The molecule has 198 valence electrons. The summed E-state index contributed by atoms with van der Waals surface area (Å²) in [6, 6.07) is 14.2. The maximum absolute atomic E-state index is 15.0. The Balaban J connectivity index is 1.39. The molecular formula is C31H39FN2O3. The van der Waals surface area contributed by atoms with Crippen LogP contribution >= 0.6 is 0 Å². The lowest BCUT2D eigenvalue weighted by molar-refractivity contribution is -0.141. The number of ether oxygens (including phenoxy) is 1. The van der Waals surface area contributed by atoms with Gasteiger partial charge in [-0.1, -0.05) is 62.4 Å². The Kier molecular flexibility index (Phi) is 7.82. The van der Waals surface area contributed by atoms with Crippen molar-refractivity contribution >= 4 is 11.8 Å². The van der Waals surface area contributed by atoms with E-state index in [1.165, 1.54) is 6.07 Å². The van der Waals surface area contributed by atoms with Crippen molar-refractivity contribution in [1.82, 2.24) is 10.2 Å². The van der Waals surface area contributed by atoms with E-state index in [-0.39, 0.29) is 23.0 Å². The van der Waals surface area contributed by atoms with Crippen LogP contribution in [-0.2, 0) is 10.2 Å². The molecule has 1 aliphatic carbocycles. The van der Waals surface area contributed by atoms with E-state index in [1.54, 1.807) is 12.1 Å². The summed E-state index contributed by atoms with van der Waals surface area (Å²) < 4.78 is 20.9. The molecule has 1 atom stereocenters. The Hall–Kier alpha value is -2.89. The van der Waals surface area contributed by atoms with Gasteiger partial charge in [-0.25, -0.2) is 4.39 Å². The predicted octanol–water partition coefficient (Wildman–Crippen LogP) is 6.02. The fourth-order valence-electron chi connectivity index (χ4n) is 6.83. The molecule has 2 aromatic rings. The third-order valence-corrected chi connectivity index (χ3v) is 8.82. The van der Waals surface area contributed by atoms with Crippen molar-refractivity contribution in [3.63, 3.8) is 0 Å². The Labute approximate surface area is 219 Å². The molecule has 1 saturated heterocycles. The van der Waals surface area contributed by atoms with Crippen molar-refractivity contribution in [2.75, 3.05) is 26.2 Å².